The lowest BCUT2D eigenvalue weighted by molar-refractivity contribution is -0.141. The highest BCUT2D eigenvalue weighted by Gasteiger charge is 2.36. The molecule has 4 aromatic carbocycles. The zero-order valence-corrected chi connectivity index (χ0v) is 33.5. The molecule has 0 unspecified atom stereocenters. The molecule has 0 radical (unpaired) electrons. The van der Waals surface area contributed by atoms with Crippen molar-refractivity contribution in [2.45, 2.75) is 44.4 Å². The van der Waals surface area contributed by atoms with Crippen LogP contribution in [0.1, 0.15) is 51.9 Å². The van der Waals surface area contributed by atoms with Crippen LogP contribution in [0.5, 0.6) is 11.5 Å². The molecule has 1 aliphatic rings. The summed E-state index contributed by atoms with van der Waals surface area (Å²) in [6.07, 6.45) is 0.140. The number of H-pyrrole nitrogens is 1. The summed E-state index contributed by atoms with van der Waals surface area (Å²) < 4.78 is 16.9. The van der Waals surface area contributed by atoms with Gasteiger partial charge in [-0.2, -0.15) is 0 Å². The third-order valence-corrected chi connectivity index (χ3v) is 10.1. The van der Waals surface area contributed by atoms with E-state index >= 15 is 0 Å². The van der Waals surface area contributed by atoms with Crippen LogP contribution in [-0.2, 0) is 20.8 Å². The van der Waals surface area contributed by atoms with E-state index in [1.54, 1.807) is 42.5 Å². The quantitative estimate of drug-likeness (QED) is 0.0898. The summed E-state index contributed by atoms with van der Waals surface area (Å²) >= 11 is 0. The third-order valence-electron chi connectivity index (χ3n) is 10.1. The lowest BCUT2D eigenvalue weighted by atomic mass is 9.93. The zero-order valence-electron chi connectivity index (χ0n) is 33.5. The monoisotopic (exact) mass is 819 g/mol. The SMILES string of the molecule is Cc1ccc(-c2ccc(C(=O)N[C@@H](CN)C(=O)N(C)[C@@H]3C(=O)N[C@@H](C)C(=O)N[C@H](c4noc(=O)[nH]4)Cc4ccc(OCCN)c(c4)-c4cc3ccc4OCCN)cc2)cc1. The van der Waals surface area contributed by atoms with E-state index in [1.165, 1.54) is 18.9 Å². The van der Waals surface area contributed by atoms with Crippen molar-refractivity contribution in [2.75, 3.05) is 39.9 Å². The maximum Gasteiger partial charge on any atom is 0.438 e. The fourth-order valence-electron chi connectivity index (χ4n) is 6.88. The number of likely N-dealkylation sites (N-methyl/N-ethyl adjacent to an activating group) is 1. The summed E-state index contributed by atoms with van der Waals surface area (Å²) in [5, 5.41) is 12.1. The van der Waals surface area contributed by atoms with Crippen molar-refractivity contribution in [3.63, 3.8) is 0 Å². The van der Waals surface area contributed by atoms with Crippen molar-refractivity contribution >= 4 is 23.6 Å². The molecule has 0 fully saturated rings. The van der Waals surface area contributed by atoms with Crippen LogP contribution in [0, 0.1) is 6.92 Å². The van der Waals surface area contributed by atoms with Gasteiger partial charge in [-0.15, -0.1) is 0 Å². The minimum absolute atomic E-state index is 0.0539. The molecule has 1 aromatic heterocycles. The molecular weight excluding hydrogens is 771 g/mol. The number of ether oxygens (including phenoxy) is 2. The normalized spacial score (nSPS) is 17.1. The average Bonchev–Trinajstić information content (AvgIpc) is 3.69. The highest BCUT2D eigenvalue weighted by molar-refractivity contribution is 5.99. The van der Waals surface area contributed by atoms with Crippen LogP contribution in [0.15, 0.2) is 94.2 Å². The topological polar surface area (TPSA) is 263 Å². The Balaban J connectivity index is 1.39. The molecule has 10 N–H and O–H groups in total. The molecule has 5 aromatic rings. The molecule has 2 heterocycles. The average molecular weight is 820 g/mol. The van der Waals surface area contributed by atoms with Gasteiger partial charge < -0.3 is 47.5 Å². The van der Waals surface area contributed by atoms with Gasteiger partial charge in [-0.05, 0) is 72.5 Å². The summed E-state index contributed by atoms with van der Waals surface area (Å²) in [6, 6.07) is 20.6. The van der Waals surface area contributed by atoms with Gasteiger partial charge in [0, 0.05) is 49.8 Å². The molecule has 17 heteroatoms. The number of nitrogens with zero attached hydrogens (tertiary/aromatic N) is 2. The van der Waals surface area contributed by atoms with Crippen LogP contribution in [0.25, 0.3) is 22.3 Å². The smallest absolute Gasteiger partial charge is 0.438 e. The lowest BCUT2D eigenvalue weighted by Crippen LogP contribution is -2.55. The van der Waals surface area contributed by atoms with Crippen LogP contribution >= 0.6 is 0 Å². The molecule has 4 atom stereocenters. The summed E-state index contributed by atoms with van der Waals surface area (Å²) in [5.74, 6) is -2.48. The molecule has 314 valence electrons. The van der Waals surface area contributed by atoms with E-state index in [1.807, 2.05) is 49.4 Å². The lowest BCUT2D eigenvalue weighted by Gasteiger charge is -2.32. The predicted molar refractivity (Wildman–Crippen MR) is 223 cm³/mol. The Labute approximate surface area is 346 Å². The van der Waals surface area contributed by atoms with Gasteiger partial charge in [-0.25, -0.2) is 4.79 Å². The van der Waals surface area contributed by atoms with Gasteiger partial charge >= 0.3 is 5.76 Å². The van der Waals surface area contributed by atoms with Crippen molar-refractivity contribution in [1.29, 1.82) is 0 Å². The van der Waals surface area contributed by atoms with Gasteiger partial charge in [0.1, 0.15) is 42.8 Å². The van der Waals surface area contributed by atoms with Gasteiger partial charge in [-0.1, -0.05) is 59.3 Å². The maximum atomic E-state index is 14.4. The minimum Gasteiger partial charge on any atom is -0.492 e. The molecule has 0 spiro atoms. The Morgan fingerprint density at radius 1 is 0.850 bits per heavy atom. The summed E-state index contributed by atoms with van der Waals surface area (Å²) in [6.45, 7) is 3.94. The third kappa shape index (κ3) is 9.89. The number of hydrogen-bond donors (Lipinski definition) is 7. The van der Waals surface area contributed by atoms with E-state index in [-0.39, 0.29) is 45.1 Å². The second-order valence-electron chi connectivity index (χ2n) is 14.4. The highest BCUT2D eigenvalue weighted by atomic mass is 16.5. The summed E-state index contributed by atoms with van der Waals surface area (Å²) in [7, 11) is 1.41. The van der Waals surface area contributed by atoms with Crippen molar-refractivity contribution in [3.05, 3.63) is 124 Å². The fraction of sp³-hybridized carbons (Fsp3) is 0.302. The Morgan fingerprint density at radius 2 is 1.47 bits per heavy atom. The van der Waals surface area contributed by atoms with Gasteiger partial charge in [0.2, 0.25) is 17.7 Å². The van der Waals surface area contributed by atoms with E-state index in [4.69, 9.17) is 31.2 Å². The summed E-state index contributed by atoms with van der Waals surface area (Å²) in [5.41, 5.74) is 23.1. The van der Waals surface area contributed by atoms with Gasteiger partial charge in [-0.3, -0.25) is 28.7 Å². The first-order valence-electron chi connectivity index (χ1n) is 19.4. The van der Waals surface area contributed by atoms with Crippen LogP contribution in [-0.4, -0.2) is 90.6 Å². The number of aryl methyl sites for hydroxylation is 1. The number of fused-ring (bicyclic) bond motifs is 5. The number of carbonyl (C=O) groups excluding carboxylic acids is 4. The molecular formula is C43H49N9O8. The van der Waals surface area contributed by atoms with Crippen LogP contribution < -0.4 is 48.4 Å². The molecule has 0 saturated heterocycles. The summed E-state index contributed by atoms with van der Waals surface area (Å²) in [4.78, 5) is 71.7. The van der Waals surface area contributed by atoms with Crippen molar-refractivity contribution in [1.82, 2.24) is 31.0 Å². The number of rotatable bonds is 13. The first-order chi connectivity index (χ1) is 28.9. The fourth-order valence-corrected chi connectivity index (χ4v) is 6.88. The molecule has 0 aliphatic carbocycles. The van der Waals surface area contributed by atoms with E-state index in [0.29, 0.717) is 39.3 Å². The Hall–Kier alpha value is -6.82. The Bertz CT molecular complexity index is 2380. The number of hydrogen-bond acceptors (Lipinski definition) is 12. The number of carbonyl (C=O) groups is 4. The van der Waals surface area contributed by atoms with E-state index in [0.717, 1.165) is 16.7 Å². The van der Waals surface area contributed by atoms with Crippen LogP contribution in [0.4, 0.5) is 0 Å². The number of nitrogens with two attached hydrogens (primary N) is 3. The molecule has 4 amide bonds. The molecule has 17 nitrogen and oxygen atoms in total. The van der Waals surface area contributed by atoms with Crippen molar-refractivity contribution < 1.29 is 33.2 Å². The number of aromatic nitrogens is 2. The first-order valence-corrected chi connectivity index (χ1v) is 19.4. The Morgan fingerprint density at radius 3 is 2.07 bits per heavy atom. The zero-order chi connectivity index (χ0) is 42.9. The minimum atomic E-state index is -1.36. The van der Waals surface area contributed by atoms with E-state index < -0.39 is 53.6 Å². The molecule has 4 bridgehead atoms. The highest BCUT2D eigenvalue weighted by Crippen LogP contribution is 2.40. The van der Waals surface area contributed by atoms with Crippen LogP contribution in [0.3, 0.4) is 0 Å². The van der Waals surface area contributed by atoms with Gasteiger partial charge in [0.15, 0.2) is 5.82 Å². The number of benzene rings is 4. The molecule has 0 saturated carbocycles. The van der Waals surface area contributed by atoms with Gasteiger partial charge in [0.25, 0.3) is 5.91 Å². The van der Waals surface area contributed by atoms with Crippen molar-refractivity contribution in [3.8, 4) is 33.8 Å². The van der Waals surface area contributed by atoms with Crippen LogP contribution in [0.2, 0.25) is 0 Å². The van der Waals surface area contributed by atoms with Crippen molar-refractivity contribution in [2.24, 2.45) is 17.2 Å². The second-order valence-corrected chi connectivity index (χ2v) is 14.4. The van der Waals surface area contributed by atoms with E-state index in [2.05, 4.69) is 26.1 Å². The number of nitrogens with one attached hydrogen (secondary N) is 4. The largest absolute Gasteiger partial charge is 0.492 e. The molecule has 60 heavy (non-hydrogen) atoms. The standard InChI is InChI=1S/C43H49N9O8/c1-24-4-7-27(8-5-24)28-9-11-29(12-10-28)40(54)49-34(23-46)42(56)52(3)37-30-13-15-36(59-19-17-45)32(22-30)31-20-26(6-14-35(31)58-18-16-44)21-33(38-50-43(57)60-51-38)48-39(53)25(2)47-41(37)55/h4-15,20,22,25,33-34,37H,16-19,21,23,44-46H2,1-3H3,(H,47,55)(H,48,53)(H,49,54)(H,50,51,57)/t25-,33-,34-,37-/m0/s1. The Kier molecular flexibility index (Phi) is 13.8. The first kappa shape index (κ1) is 42.8. The van der Waals surface area contributed by atoms with E-state index in [9.17, 15) is 24.0 Å². The molecule has 1 aliphatic heterocycles. The molecule has 6 rings (SSSR count). The number of amides is 4. The second kappa shape index (κ2) is 19.3. The maximum absolute atomic E-state index is 14.4. The van der Waals surface area contributed by atoms with Gasteiger partial charge in [0.05, 0.1) is 6.04 Å². The predicted octanol–water partition coefficient (Wildman–Crippen LogP) is 1.86. The number of aromatic amines is 1.